The molecule has 0 bridgehead atoms. The van der Waals surface area contributed by atoms with Crippen LogP contribution >= 0.6 is 0 Å². The highest BCUT2D eigenvalue weighted by molar-refractivity contribution is 7.94. The van der Waals surface area contributed by atoms with E-state index in [1.54, 1.807) is 12.1 Å². The van der Waals surface area contributed by atoms with Crippen LogP contribution in [0, 0.1) is 0 Å². The molecule has 0 radical (unpaired) electrons. The molecule has 0 spiro atoms. The van der Waals surface area contributed by atoms with Gasteiger partial charge < -0.3 is 4.74 Å². The zero-order chi connectivity index (χ0) is 12.2. The summed E-state index contributed by atoms with van der Waals surface area (Å²) >= 11 is 0. The molecule has 0 fully saturated rings. The molecule has 0 saturated carbocycles. The highest BCUT2D eigenvalue weighted by atomic mass is 32.2. The van der Waals surface area contributed by atoms with Gasteiger partial charge in [0.05, 0.1) is 18.4 Å². The summed E-state index contributed by atoms with van der Waals surface area (Å²) in [6, 6.07) is 6.03. The first kappa shape index (κ1) is 12.4. The molecular formula is C11H12O4S. The molecule has 0 unspecified atom stereocenters. The van der Waals surface area contributed by atoms with Gasteiger partial charge >= 0.3 is 5.97 Å². The van der Waals surface area contributed by atoms with Crippen LogP contribution in [0.3, 0.4) is 0 Å². The number of carbonyl (C=O) groups is 1. The van der Waals surface area contributed by atoms with Crippen LogP contribution in [0.4, 0.5) is 0 Å². The Balaban J connectivity index is 2.92. The Bertz CT molecular complexity index is 485. The van der Waals surface area contributed by atoms with Gasteiger partial charge in [-0.3, -0.25) is 4.79 Å². The lowest BCUT2D eigenvalue weighted by Crippen LogP contribution is -2.04. The van der Waals surface area contributed by atoms with E-state index in [9.17, 15) is 13.2 Å². The lowest BCUT2D eigenvalue weighted by molar-refractivity contribution is -0.139. The molecule has 0 aliphatic carbocycles. The second-order valence-electron chi connectivity index (χ2n) is 3.11. The molecule has 0 heterocycles. The molecule has 0 aliphatic heterocycles. The Kier molecular flexibility index (Phi) is 3.84. The maximum Gasteiger partial charge on any atom is 0.309 e. The van der Waals surface area contributed by atoms with Gasteiger partial charge in [-0.05, 0) is 17.7 Å². The fourth-order valence-corrected chi connectivity index (χ4v) is 1.84. The number of hydrogen-bond donors (Lipinski definition) is 0. The van der Waals surface area contributed by atoms with Crippen molar-refractivity contribution in [2.24, 2.45) is 0 Å². The number of hydrogen-bond acceptors (Lipinski definition) is 4. The topological polar surface area (TPSA) is 60.4 Å². The van der Waals surface area contributed by atoms with Crippen LogP contribution in [0.2, 0.25) is 0 Å². The fourth-order valence-electron chi connectivity index (χ4n) is 1.13. The Labute approximate surface area is 94.5 Å². The van der Waals surface area contributed by atoms with Gasteiger partial charge in [-0.25, -0.2) is 8.42 Å². The Morgan fingerprint density at radius 1 is 1.38 bits per heavy atom. The van der Waals surface area contributed by atoms with Gasteiger partial charge in [0.2, 0.25) is 0 Å². The second-order valence-corrected chi connectivity index (χ2v) is 5.00. The zero-order valence-electron chi connectivity index (χ0n) is 8.84. The molecule has 1 aromatic carbocycles. The lowest BCUT2D eigenvalue weighted by atomic mass is 10.2. The van der Waals surface area contributed by atoms with Crippen molar-refractivity contribution in [2.75, 3.05) is 7.11 Å². The van der Waals surface area contributed by atoms with E-state index in [4.69, 9.17) is 0 Å². The third kappa shape index (κ3) is 2.93. The van der Waals surface area contributed by atoms with Crippen LogP contribution in [-0.4, -0.2) is 21.5 Å². The molecule has 16 heavy (non-hydrogen) atoms. The van der Waals surface area contributed by atoms with Crippen LogP contribution in [0.5, 0.6) is 0 Å². The van der Waals surface area contributed by atoms with Crippen LogP contribution in [-0.2, 0) is 25.8 Å². The van der Waals surface area contributed by atoms with Crippen molar-refractivity contribution in [3.05, 3.63) is 41.8 Å². The molecule has 86 valence electrons. The number of rotatable bonds is 4. The first-order valence-corrected chi connectivity index (χ1v) is 6.07. The number of esters is 1. The van der Waals surface area contributed by atoms with E-state index in [1.807, 2.05) is 0 Å². The molecule has 0 amide bonds. The summed E-state index contributed by atoms with van der Waals surface area (Å²) in [6.45, 7) is 3.23. The predicted molar refractivity (Wildman–Crippen MR) is 59.5 cm³/mol. The summed E-state index contributed by atoms with van der Waals surface area (Å²) in [5.41, 5.74) is 0.704. The smallest absolute Gasteiger partial charge is 0.309 e. The van der Waals surface area contributed by atoms with Crippen molar-refractivity contribution in [1.29, 1.82) is 0 Å². The average molecular weight is 240 g/mol. The fraction of sp³-hybridized carbons (Fsp3) is 0.182. The number of methoxy groups -OCH3 is 1. The number of benzene rings is 1. The van der Waals surface area contributed by atoms with E-state index in [0.717, 1.165) is 5.41 Å². The Hall–Kier alpha value is -1.62. The van der Waals surface area contributed by atoms with Gasteiger partial charge in [-0.15, -0.1) is 0 Å². The van der Waals surface area contributed by atoms with Crippen LogP contribution in [0.15, 0.2) is 41.1 Å². The van der Waals surface area contributed by atoms with E-state index in [1.165, 1.54) is 19.2 Å². The van der Waals surface area contributed by atoms with Crippen molar-refractivity contribution < 1.29 is 17.9 Å². The van der Waals surface area contributed by atoms with Gasteiger partial charge in [-0.1, -0.05) is 18.7 Å². The van der Waals surface area contributed by atoms with E-state index in [-0.39, 0.29) is 17.3 Å². The molecule has 0 saturated heterocycles. The molecule has 1 aromatic rings. The van der Waals surface area contributed by atoms with E-state index in [0.29, 0.717) is 5.56 Å². The first-order valence-electron chi connectivity index (χ1n) is 4.53. The zero-order valence-corrected chi connectivity index (χ0v) is 9.66. The van der Waals surface area contributed by atoms with Crippen molar-refractivity contribution in [2.45, 2.75) is 11.3 Å². The molecule has 0 aliphatic rings. The maximum atomic E-state index is 11.4. The molecule has 1 rings (SSSR count). The van der Waals surface area contributed by atoms with Crippen LogP contribution in [0.25, 0.3) is 0 Å². The third-order valence-electron chi connectivity index (χ3n) is 2.05. The summed E-state index contributed by atoms with van der Waals surface area (Å²) in [6.07, 6.45) is 0.130. The van der Waals surface area contributed by atoms with Crippen molar-refractivity contribution >= 4 is 15.8 Å². The SMILES string of the molecule is C=CS(=O)(=O)c1ccc(CC(=O)OC)cc1. The molecule has 4 nitrogen and oxygen atoms in total. The molecule has 0 N–H and O–H groups in total. The lowest BCUT2D eigenvalue weighted by Gasteiger charge is -2.02. The van der Waals surface area contributed by atoms with Gasteiger partial charge in [0.25, 0.3) is 0 Å². The standard InChI is InChI=1S/C11H12O4S/c1-3-16(13,14)10-6-4-9(5-7-10)8-11(12)15-2/h3-7H,1,8H2,2H3. The number of sulfone groups is 1. The van der Waals surface area contributed by atoms with E-state index >= 15 is 0 Å². The largest absolute Gasteiger partial charge is 0.469 e. The normalized spacial score (nSPS) is 10.8. The summed E-state index contributed by atoms with van der Waals surface area (Å²) in [7, 11) is -2.10. The third-order valence-corrected chi connectivity index (χ3v) is 3.42. The van der Waals surface area contributed by atoms with Gasteiger partial charge in [0, 0.05) is 5.41 Å². The van der Waals surface area contributed by atoms with Crippen LogP contribution in [0.1, 0.15) is 5.56 Å². The van der Waals surface area contributed by atoms with E-state index in [2.05, 4.69) is 11.3 Å². The van der Waals surface area contributed by atoms with Gasteiger partial charge in [-0.2, -0.15) is 0 Å². The Morgan fingerprint density at radius 3 is 2.38 bits per heavy atom. The minimum Gasteiger partial charge on any atom is -0.469 e. The van der Waals surface area contributed by atoms with Gasteiger partial charge in [0.1, 0.15) is 0 Å². The summed E-state index contributed by atoms with van der Waals surface area (Å²) in [5.74, 6) is -0.362. The van der Waals surface area contributed by atoms with Crippen molar-refractivity contribution in [3.8, 4) is 0 Å². The highest BCUT2D eigenvalue weighted by Crippen LogP contribution is 2.13. The first-order chi connectivity index (χ1) is 7.49. The number of carbonyl (C=O) groups excluding carboxylic acids is 1. The summed E-state index contributed by atoms with van der Waals surface area (Å²) < 4.78 is 27.3. The predicted octanol–water partition coefficient (Wildman–Crippen LogP) is 1.32. The monoisotopic (exact) mass is 240 g/mol. The summed E-state index contributed by atoms with van der Waals surface area (Å²) in [4.78, 5) is 11.1. The van der Waals surface area contributed by atoms with Gasteiger partial charge in [0.15, 0.2) is 9.84 Å². The maximum absolute atomic E-state index is 11.4. The quantitative estimate of drug-likeness (QED) is 0.745. The molecule has 0 atom stereocenters. The van der Waals surface area contributed by atoms with Crippen molar-refractivity contribution in [1.82, 2.24) is 0 Å². The van der Waals surface area contributed by atoms with Crippen LogP contribution < -0.4 is 0 Å². The minimum absolute atomic E-state index is 0.130. The average Bonchev–Trinajstić information content (AvgIpc) is 2.29. The Morgan fingerprint density at radius 2 is 1.94 bits per heavy atom. The van der Waals surface area contributed by atoms with E-state index < -0.39 is 9.84 Å². The second kappa shape index (κ2) is 4.94. The van der Waals surface area contributed by atoms with Crippen molar-refractivity contribution in [3.63, 3.8) is 0 Å². The summed E-state index contributed by atoms with van der Waals surface area (Å²) in [5, 5.41) is 0.891. The molecular weight excluding hydrogens is 228 g/mol. The highest BCUT2D eigenvalue weighted by Gasteiger charge is 2.09. The number of ether oxygens (including phenoxy) is 1. The molecule has 5 heteroatoms. The minimum atomic E-state index is -3.40. The molecule has 0 aromatic heterocycles.